The molecule has 1 fully saturated rings. The third-order valence-corrected chi connectivity index (χ3v) is 7.65. The molecule has 40 heavy (non-hydrogen) atoms. The van der Waals surface area contributed by atoms with Crippen molar-refractivity contribution in [2.24, 2.45) is 0 Å². The second-order valence-corrected chi connectivity index (χ2v) is 10.2. The van der Waals surface area contributed by atoms with Gasteiger partial charge in [0.25, 0.3) is 5.91 Å². The summed E-state index contributed by atoms with van der Waals surface area (Å²) in [5.41, 5.74) is 3.64. The summed E-state index contributed by atoms with van der Waals surface area (Å²) in [7, 11) is 1.54. The number of nitrogens with zero attached hydrogens (tertiary/aromatic N) is 2. The summed E-state index contributed by atoms with van der Waals surface area (Å²) in [6.07, 6.45) is 3.06. The van der Waals surface area contributed by atoms with Crippen LogP contribution in [0.25, 0.3) is 0 Å². The largest absolute Gasteiger partial charge is 0.493 e. The van der Waals surface area contributed by atoms with E-state index in [9.17, 15) is 14.7 Å². The number of nitriles is 1. The first-order valence-corrected chi connectivity index (χ1v) is 13.5. The molecule has 2 aliphatic rings. The molecule has 5 rings (SSSR count). The molecular weight excluding hydrogens is 508 g/mol. The van der Waals surface area contributed by atoms with Crippen molar-refractivity contribution in [3.8, 4) is 17.6 Å². The molecule has 0 radical (unpaired) electrons. The van der Waals surface area contributed by atoms with Gasteiger partial charge in [-0.05, 0) is 47.7 Å². The summed E-state index contributed by atoms with van der Waals surface area (Å²) in [6.45, 7) is 0.323. The number of carbonyl (C=O) groups is 2. The van der Waals surface area contributed by atoms with Crippen LogP contribution in [0.1, 0.15) is 59.6 Å². The molecule has 0 aromatic heterocycles. The minimum Gasteiger partial charge on any atom is -0.493 e. The molecule has 1 saturated carbocycles. The molecule has 0 spiro atoms. The van der Waals surface area contributed by atoms with Gasteiger partial charge in [-0.15, -0.1) is 0 Å². The highest BCUT2D eigenvalue weighted by Gasteiger charge is 2.41. The van der Waals surface area contributed by atoms with Gasteiger partial charge in [0.05, 0.1) is 24.8 Å². The van der Waals surface area contributed by atoms with Crippen molar-refractivity contribution in [3.63, 3.8) is 0 Å². The number of carboxylic acids is 1. The lowest BCUT2D eigenvalue weighted by molar-refractivity contribution is -0.160. The van der Waals surface area contributed by atoms with E-state index in [0.717, 1.165) is 42.4 Å². The van der Waals surface area contributed by atoms with Gasteiger partial charge in [0.15, 0.2) is 17.6 Å². The van der Waals surface area contributed by atoms with E-state index in [1.165, 1.54) is 12.0 Å². The zero-order valence-corrected chi connectivity index (χ0v) is 22.4. The van der Waals surface area contributed by atoms with E-state index in [0.29, 0.717) is 22.6 Å². The number of carbonyl (C=O) groups excluding carboxylic acids is 1. The van der Waals surface area contributed by atoms with Gasteiger partial charge >= 0.3 is 5.97 Å². The molecule has 0 bridgehead atoms. The molecule has 8 heteroatoms. The fourth-order valence-electron chi connectivity index (χ4n) is 5.49. The van der Waals surface area contributed by atoms with Crippen LogP contribution in [0, 0.1) is 11.3 Å². The number of carboxylic acid groups (broad SMARTS) is 1. The standard InChI is InChI=1S/C32H32N2O6/c1-38-28-16-15-24-19-34(31(35)29(23-7-3-2-4-8-23)40-25-9-5-6-10-25)27(32(36)37)17-26(24)30(28)39-20-22-13-11-21(18-33)12-14-22/h2-4,7-8,11-16,25,27,29H,5-6,9-10,17,19-20H2,1H3,(H,36,37). The third-order valence-electron chi connectivity index (χ3n) is 7.65. The normalized spacial score (nSPS) is 17.5. The van der Waals surface area contributed by atoms with Crippen molar-refractivity contribution in [2.75, 3.05) is 7.11 Å². The fourth-order valence-corrected chi connectivity index (χ4v) is 5.49. The average Bonchev–Trinajstić information content (AvgIpc) is 3.51. The Kier molecular flexibility index (Phi) is 8.32. The lowest BCUT2D eigenvalue weighted by atomic mass is 9.91. The highest BCUT2D eigenvalue weighted by molar-refractivity contribution is 5.88. The number of amides is 1. The van der Waals surface area contributed by atoms with Crippen LogP contribution in [0.3, 0.4) is 0 Å². The molecule has 2 unspecified atom stereocenters. The number of benzene rings is 3. The van der Waals surface area contributed by atoms with Crippen LogP contribution in [0.2, 0.25) is 0 Å². The van der Waals surface area contributed by atoms with Gasteiger partial charge in [-0.2, -0.15) is 5.26 Å². The number of fused-ring (bicyclic) bond motifs is 1. The average molecular weight is 541 g/mol. The van der Waals surface area contributed by atoms with E-state index in [1.54, 1.807) is 18.2 Å². The zero-order valence-electron chi connectivity index (χ0n) is 22.4. The zero-order chi connectivity index (χ0) is 28.1. The molecule has 3 aromatic rings. The Morgan fingerprint density at radius 1 is 1.05 bits per heavy atom. The van der Waals surface area contributed by atoms with Crippen LogP contribution in [-0.2, 0) is 33.9 Å². The Labute approximate surface area is 233 Å². The molecule has 1 heterocycles. The second-order valence-electron chi connectivity index (χ2n) is 10.2. The second kappa shape index (κ2) is 12.2. The molecule has 1 amide bonds. The lowest BCUT2D eigenvalue weighted by Crippen LogP contribution is -2.50. The van der Waals surface area contributed by atoms with Crippen molar-refractivity contribution in [3.05, 3.63) is 94.5 Å². The molecule has 1 N–H and O–H groups in total. The van der Waals surface area contributed by atoms with Crippen molar-refractivity contribution in [2.45, 2.75) is 63.5 Å². The highest BCUT2D eigenvalue weighted by Crippen LogP contribution is 2.40. The number of ether oxygens (including phenoxy) is 3. The number of rotatable bonds is 9. The quantitative estimate of drug-likeness (QED) is 0.398. The molecule has 2 atom stereocenters. The van der Waals surface area contributed by atoms with Crippen LogP contribution in [0.4, 0.5) is 0 Å². The smallest absolute Gasteiger partial charge is 0.326 e. The van der Waals surface area contributed by atoms with Gasteiger partial charge in [-0.3, -0.25) is 4.79 Å². The van der Waals surface area contributed by atoms with Gasteiger partial charge < -0.3 is 24.2 Å². The van der Waals surface area contributed by atoms with Crippen LogP contribution in [-0.4, -0.2) is 41.1 Å². The number of hydrogen-bond donors (Lipinski definition) is 1. The predicted octanol–water partition coefficient (Wildman–Crippen LogP) is 5.18. The minimum absolute atomic E-state index is 0.0269. The summed E-state index contributed by atoms with van der Waals surface area (Å²) < 4.78 is 18.1. The number of aliphatic carboxylic acids is 1. The van der Waals surface area contributed by atoms with Gasteiger partial charge in [-0.25, -0.2) is 4.79 Å². The maximum absolute atomic E-state index is 14.0. The summed E-state index contributed by atoms with van der Waals surface area (Å²) >= 11 is 0. The predicted molar refractivity (Wildman–Crippen MR) is 147 cm³/mol. The molecular formula is C32H32N2O6. The maximum Gasteiger partial charge on any atom is 0.326 e. The van der Waals surface area contributed by atoms with Gasteiger partial charge in [-0.1, -0.05) is 61.4 Å². The maximum atomic E-state index is 14.0. The molecule has 0 saturated heterocycles. The van der Waals surface area contributed by atoms with Crippen LogP contribution in [0.15, 0.2) is 66.7 Å². The van der Waals surface area contributed by atoms with E-state index in [1.807, 2.05) is 48.5 Å². The Morgan fingerprint density at radius 3 is 2.42 bits per heavy atom. The fraction of sp³-hybridized carbons (Fsp3) is 0.344. The van der Waals surface area contributed by atoms with Crippen LogP contribution >= 0.6 is 0 Å². The van der Waals surface area contributed by atoms with E-state index in [4.69, 9.17) is 19.5 Å². The van der Waals surface area contributed by atoms with E-state index < -0.39 is 18.1 Å². The monoisotopic (exact) mass is 540 g/mol. The van der Waals surface area contributed by atoms with Crippen LogP contribution < -0.4 is 9.47 Å². The first-order chi connectivity index (χ1) is 19.5. The summed E-state index contributed by atoms with van der Waals surface area (Å²) in [5, 5.41) is 19.3. The Morgan fingerprint density at radius 2 is 1.77 bits per heavy atom. The van der Waals surface area contributed by atoms with Crippen molar-refractivity contribution >= 4 is 11.9 Å². The topological polar surface area (TPSA) is 109 Å². The van der Waals surface area contributed by atoms with Gasteiger partial charge in [0.1, 0.15) is 12.6 Å². The molecule has 3 aromatic carbocycles. The SMILES string of the molecule is COc1ccc2c(c1OCc1ccc(C#N)cc1)CC(C(=O)O)N(C(=O)C(OC1CCCC1)c1ccccc1)C2. The van der Waals surface area contributed by atoms with Crippen LogP contribution in [0.5, 0.6) is 11.5 Å². The summed E-state index contributed by atoms with van der Waals surface area (Å²) in [6, 6.07) is 21.0. The van der Waals surface area contributed by atoms with Gasteiger partial charge in [0, 0.05) is 18.5 Å². The molecule has 206 valence electrons. The molecule has 1 aliphatic carbocycles. The third kappa shape index (κ3) is 5.80. The summed E-state index contributed by atoms with van der Waals surface area (Å²) in [5.74, 6) is -0.493. The van der Waals surface area contributed by atoms with Crippen molar-refractivity contribution in [1.82, 2.24) is 4.90 Å². The van der Waals surface area contributed by atoms with E-state index >= 15 is 0 Å². The van der Waals surface area contributed by atoms with Crippen molar-refractivity contribution < 1.29 is 28.9 Å². The Bertz CT molecular complexity index is 1390. The first kappa shape index (κ1) is 27.2. The van der Waals surface area contributed by atoms with Crippen molar-refractivity contribution in [1.29, 1.82) is 5.26 Å². The molecule has 8 nitrogen and oxygen atoms in total. The van der Waals surface area contributed by atoms with E-state index in [-0.39, 0.29) is 31.6 Å². The molecule has 1 aliphatic heterocycles. The summed E-state index contributed by atoms with van der Waals surface area (Å²) in [4.78, 5) is 28.0. The number of methoxy groups -OCH3 is 1. The Hall–Kier alpha value is -4.35. The van der Waals surface area contributed by atoms with Gasteiger partial charge in [0.2, 0.25) is 0 Å². The lowest BCUT2D eigenvalue weighted by Gasteiger charge is -2.37. The first-order valence-electron chi connectivity index (χ1n) is 13.5. The number of hydrogen-bond acceptors (Lipinski definition) is 6. The Balaban J connectivity index is 1.44. The minimum atomic E-state index is -1.09. The van der Waals surface area contributed by atoms with E-state index in [2.05, 4.69) is 6.07 Å². The highest BCUT2D eigenvalue weighted by atomic mass is 16.5.